The molecule has 0 bridgehead atoms. The molecule has 0 spiro atoms. The van der Waals surface area contributed by atoms with Crippen LogP contribution in [0.4, 0.5) is 0 Å². The van der Waals surface area contributed by atoms with Gasteiger partial charge in [-0.3, -0.25) is 4.79 Å². The summed E-state index contributed by atoms with van der Waals surface area (Å²) in [7, 11) is 0. The number of carbonyl (C=O) groups is 1. The highest BCUT2D eigenvalue weighted by molar-refractivity contribution is 8.00. The lowest BCUT2D eigenvalue weighted by Crippen LogP contribution is -2.24. The average Bonchev–Trinajstić information content (AvgIpc) is 2.33. The van der Waals surface area contributed by atoms with Crippen molar-refractivity contribution in [2.75, 3.05) is 0 Å². The topological polar surface area (TPSA) is 37.3 Å². The Balaban J connectivity index is 2.98. The van der Waals surface area contributed by atoms with Gasteiger partial charge in [0.15, 0.2) is 0 Å². The Morgan fingerprint density at radius 1 is 1.20 bits per heavy atom. The molecule has 0 radical (unpaired) electrons. The lowest BCUT2D eigenvalue weighted by atomic mass is 9.87. The second-order valence-corrected chi connectivity index (χ2v) is 8.06. The van der Waals surface area contributed by atoms with Crippen molar-refractivity contribution in [3.63, 3.8) is 0 Å². The molecule has 1 N–H and O–H groups in total. The molecule has 3 heteroatoms. The third-order valence-electron chi connectivity index (χ3n) is 3.15. The van der Waals surface area contributed by atoms with Crippen LogP contribution in [0.3, 0.4) is 0 Å². The smallest absolute Gasteiger partial charge is 0.316 e. The number of rotatable bonds is 6. The van der Waals surface area contributed by atoms with E-state index in [1.165, 1.54) is 5.56 Å². The van der Waals surface area contributed by atoms with E-state index in [2.05, 4.69) is 46.8 Å². The Morgan fingerprint density at radius 3 is 2.15 bits per heavy atom. The molecule has 0 amide bonds. The molecule has 1 aromatic carbocycles. The van der Waals surface area contributed by atoms with Crippen LogP contribution in [-0.4, -0.2) is 16.3 Å². The molecule has 0 aromatic heterocycles. The van der Waals surface area contributed by atoms with Gasteiger partial charge in [0.25, 0.3) is 0 Å². The summed E-state index contributed by atoms with van der Waals surface area (Å²) in [6, 6.07) is 10.2. The normalized spacial score (nSPS) is 15.1. The van der Waals surface area contributed by atoms with Gasteiger partial charge in [-0.15, -0.1) is 11.8 Å². The van der Waals surface area contributed by atoms with Crippen LogP contribution in [0.25, 0.3) is 0 Å². The van der Waals surface area contributed by atoms with Crippen molar-refractivity contribution < 1.29 is 9.90 Å². The quantitative estimate of drug-likeness (QED) is 0.801. The van der Waals surface area contributed by atoms with Crippen LogP contribution in [0.15, 0.2) is 30.3 Å². The Morgan fingerprint density at radius 2 is 1.75 bits per heavy atom. The van der Waals surface area contributed by atoms with E-state index in [0.717, 1.165) is 0 Å². The van der Waals surface area contributed by atoms with Gasteiger partial charge in [-0.1, -0.05) is 65.0 Å². The fourth-order valence-corrected chi connectivity index (χ4v) is 3.88. The second kappa shape index (κ2) is 7.16. The third kappa shape index (κ3) is 5.20. The zero-order chi connectivity index (χ0) is 15.3. The summed E-state index contributed by atoms with van der Waals surface area (Å²) >= 11 is 1.59. The molecule has 0 aliphatic heterocycles. The predicted molar refractivity (Wildman–Crippen MR) is 87.1 cm³/mol. The van der Waals surface area contributed by atoms with E-state index in [0.29, 0.717) is 12.3 Å². The van der Waals surface area contributed by atoms with E-state index in [1.54, 1.807) is 11.8 Å². The summed E-state index contributed by atoms with van der Waals surface area (Å²) in [4.78, 5) is 11.5. The highest BCUT2D eigenvalue weighted by Crippen LogP contribution is 2.46. The van der Waals surface area contributed by atoms with Crippen LogP contribution in [0.1, 0.15) is 51.9 Å². The van der Waals surface area contributed by atoms with Crippen LogP contribution >= 0.6 is 11.8 Å². The summed E-state index contributed by atoms with van der Waals surface area (Å²) in [6.07, 6.45) is 0.708. The zero-order valence-corrected chi connectivity index (χ0v) is 13.9. The van der Waals surface area contributed by atoms with Crippen molar-refractivity contribution in [2.45, 2.75) is 51.5 Å². The molecule has 1 aromatic rings. The van der Waals surface area contributed by atoms with Gasteiger partial charge >= 0.3 is 5.97 Å². The molecule has 2 atom stereocenters. The number of benzene rings is 1. The molecule has 2 nitrogen and oxygen atoms in total. The van der Waals surface area contributed by atoms with Crippen LogP contribution in [0, 0.1) is 11.3 Å². The summed E-state index contributed by atoms with van der Waals surface area (Å²) < 4.78 is 0. The summed E-state index contributed by atoms with van der Waals surface area (Å²) in [5.41, 5.74) is 1.23. The van der Waals surface area contributed by atoms with Crippen molar-refractivity contribution in [2.24, 2.45) is 11.3 Å². The van der Waals surface area contributed by atoms with Crippen molar-refractivity contribution in [1.29, 1.82) is 0 Å². The van der Waals surface area contributed by atoms with Gasteiger partial charge in [0, 0.05) is 5.25 Å². The van der Waals surface area contributed by atoms with Gasteiger partial charge in [0.1, 0.15) is 5.25 Å². The monoisotopic (exact) mass is 294 g/mol. The van der Waals surface area contributed by atoms with Gasteiger partial charge in [0.05, 0.1) is 0 Å². The van der Waals surface area contributed by atoms with Crippen molar-refractivity contribution in [1.82, 2.24) is 0 Å². The van der Waals surface area contributed by atoms with Crippen LogP contribution in [-0.2, 0) is 4.79 Å². The van der Waals surface area contributed by atoms with Crippen molar-refractivity contribution >= 4 is 17.7 Å². The molecular formula is C17H26O2S. The first kappa shape index (κ1) is 17.1. The Kier molecular flexibility index (Phi) is 6.12. The van der Waals surface area contributed by atoms with Crippen molar-refractivity contribution in [3.05, 3.63) is 35.9 Å². The molecule has 0 heterocycles. The Labute approximate surface area is 127 Å². The van der Waals surface area contributed by atoms with E-state index < -0.39 is 5.97 Å². The molecule has 20 heavy (non-hydrogen) atoms. The summed E-state index contributed by atoms with van der Waals surface area (Å²) in [5, 5.41) is 9.30. The van der Waals surface area contributed by atoms with E-state index in [1.807, 2.05) is 18.2 Å². The SMILES string of the molecule is CC(C)C[C@H](SC(c1ccccc1)C(C)(C)C)C(=O)O. The minimum Gasteiger partial charge on any atom is -0.480 e. The molecule has 0 aliphatic rings. The number of carboxylic acid groups (broad SMARTS) is 1. The van der Waals surface area contributed by atoms with E-state index in [9.17, 15) is 9.90 Å². The second-order valence-electron chi connectivity index (χ2n) is 6.75. The molecule has 0 saturated carbocycles. The van der Waals surface area contributed by atoms with Crippen LogP contribution in [0.2, 0.25) is 0 Å². The third-order valence-corrected chi connectivity index (χ3v) is 5.12. The molecule has 1 rings (SSSR count). The number of hydrogen-bond donors (Lipinski definition) is 1. The maximum atomic E-state index is 11.5. The maximum absolute atomic E-state index is 11.5. The molecule has 1 unspecified atom stereocenters. The number of aliphatic carboxylic acids is 1. The molecular weight excluding hydrogens is 268 g/mol. The standard InChI is InChI=1S/C17H26O2S/c1-12(2)11-14(16(18)19)20-15(17(3,4)5)13-9-7-6-8-10-13/h6-10,12,14-15H,11H2,1-5H3,(H,18,19)/t14-,15?/m0/s1. The number of thioether (sulfide) groups is 1. The van der Waals surface area contributed by atoms with Crippen LogP contribution < -0.4 is 0 Å². The van der Waals surface area contributed by atoms with Gasteiger partial charge in [-0.2, -0.15) is 0 Å². The highest BCUT2D eigenvalue weighted by Gasteiger charge is 2.32. The lowest BCUT2D eigenvalue weighted by Gasteiger charge is -2.33. The number of hydrogen-bond acceptors (Lipinski definition) is 2. The van der Waals surface area contributed by atoms with Gasteiger partial charge in [0.2, 0.25) is 0 Å². The summed E-state index contributed by atoms with van der Waals surface area (Å²) in [5.74, 6) is -0.311. The maximum Gasteiger partial charge on any atom is 0.316 e. The van der Waals surface area contributed by atoms with Crippen molar-refractivity contribution in [3.8, 4) is 0 Å². The van der Waals surface area contributed by atoms with Gasteiger partial charge < -0.3 is 5.11 Å². The molecule has 0 saturated heterocycles. The average molecular weight is 294 g/mol. The fourth-order valence-electron chi connectivity index (χ4n) is 2.22. The first-order valence-electron chi connectivity index (χ1n) is 7.15. The lowest BCUT2D eigenvalue weighted by molar-refractivity contribution is -0.136. The zero-order valence-electron chi connectivity index (χ0n) is 13.1. The molecule has 0 aliphatic carbocycles. The minimum atomic E-state index is -0.700. The van der Waals surface area contributed by atoms with E-state index >= 15 is 0 Å². The highest BCUT2D eigenvalue weighted by atomic mass is 32.2. The van der Waals surface area contributed by atoms with Gasteiger partial charge in [-0.25, -0.2) is 0 Å². The predicted octanol–water partition coefficient (Wildman–Crippen LogP) is 5.01. The number of carboxylic acids is 1. The summed E-state index contributed by atoms with van der Waals surface area (Å²) in [6.45, 7) is 10.7. The first-order valence-corrected chi connectivity index (χ1v) is 8.09. The largest absolute Gasteiger partial charge is 0.480 e. The molecule has 0 fully saturated rings. The van der Waals surface area contributed by atoms with E-state index in [-0.39, 0.29) is 15.9 Å². The first-order chi connectivity index (χ1) is 9.21. The Hall–Kier alpha value is -0.960. The molecule has 112 valence electrons. The fraction of sp³-hybridized carbons (Fsp3) is 0.588. The Bertz CT molecular complexity index is 420. The minimum absolute atomic E-state index is 0.0245. The van der Waals surface area contributed by atoms with Crippen LogP contribution in [0.5, 0.6) is 0 Å². The van der Waals surface area contributed by atoms with E-state index in [4.69, 9.17) is 0 Å². The van der Waals surface area contributed by atoms with Gasteiger partial charge in [-0.05, 0) is 23.3 Å².